The molecule has 1 aliphatic rings. The zero-order valence-electron chi connectivity index (χ0n) is 11.6. The summed E-state index contributed by atoms with van der Waals surface area (Å²) in [6.45, 7) is 10.1. The van der Waals surface area contributed by atoms with Crippen molar-refractivity contribution < 1.29 is 4.74 Å². The molecular formula is C14H29NO. The summed E-state index contributed by atoms with van der Waals surface area (Å²) in [6.07, 6.45) is 4.16. The van der Waals surface area contributed by atoms with Gasteiger partial charge in [0.2, 0.25) is 0 Å². The molecule has 4 unspecified atom stereocenters. The smallest absolute Gasteiger partial charge is 0.0753 e. The van der Waals surface area contributed by atoms with Gasteiger partial charge in [0, 0.05) is 12.6 Å². The minimum Gasteiger partial charge on any atom is -0.376 e. The van der Waals surface area contributed by atoms with Gasteiger partial charge in [-0.05, 0) is 44.1 Å². The molecule has 0 aromatic carbocycles. The molecule has 1 N–H and O–H groups in total. The molecular weight excluding hydrogens is 198 g/mol. The van der Waals surface area contributed by atoms with Crippen molar-refractivity contribution in [1.82, 2.24) is 5.32 Å². The van der Waals surface area contributed by atoms with Crippen molar-refractivity contribution in [2.24, 2.45) is 17.8 Å². The fourth-order valence-electron chi connectivity index (χ4n) is 2.83. The first-order valence-corrected chi connectivity index (χ1v) is 6.83. The summed E-state index contributed by atoms with van der Waals surface area (Å²) in [6, 6.07) is 0.547. The largest absolute Gasteiger partial charge is 0.376 e. The molecule has 96 valence electrons. The topological polar surface area (TPSA) is 21.3 Å². The average Bonchev–Trinajstić information content (AvgIpc) is 2.20. The first kappa shape index (κ1) is 14.0. The van der Waals surface area contributed by atoms with Crippen LogP contribution in [-0.4, -0.2) is 25.8 Å². The minimum atomic E-state index is 0.417. The summed E-state index contributed by atoms with van der Waals surface area (Å²) in [7, 11) is 2.06. The van der Waals surface area contributed by atoms with E-state index in [4.69, 9.17) is 4.74 Å². The number of likely N-dealkylation sites (N-methyl/N-ethyl adjacent to an activating group) is 1. The fraction of sp³-hybridized carbons (Fsp3) is 1.00. The molecule has 1 aliphatic carbocycles. The Morgan fingerprint density at radius 3 is 2.50 bits per heavy atom. The van der Waals surface area contributed by atoms with Gasteiger partial charge in [0.1, 0.15) is 0 Å². The van der Waals surface area contributed by atoms with Gasteiger partial charge >= 0.3 is 0 Å². The Kier molecular flexibility index (Phi) is 5.77. The zero-order chi connectivity index (χ0) is 12.1. The number of hydrogen-bond donors (Lipinski definition) is 1. The van der Waals surface area contributed by atoms with Gasteiger partial charge in [-0.2, -0.15) is 0 Å². The first-order chi connectivity index (χ1) is 7.54. The van der Waals surface area contributed by atoms with E-state index in [1.165, 1.54) is 19.3 Å². The maximum absolute atomic E-state index is 6.10. The molecule has 0 aromatic rings. The molecule has 0 saturated heterocycles. The summed E-state index contributed by atoms with van der Waals surface area (Å²) in [5.41, 5.74) is 0. The standard InChI is InChI=1S/C14H29NO/c1-10(2)6-7-16-14-12(4)8-11(3)9-13(14)15-5/h10-15H,6-9H2,1-5H3. The van der Waals surface area contributed by atoms with Crippen molar-refractivity contribution in [2.75, 3.05) is 13.7 Å². The normalized spacial score (nSPS) is 35.6. The maximum Gasteiger partial charge on any atom is 0.0753 e. The summed E-state index contributed by atoms with van der Waals surface area (Å²) < 4.78 is 6.10. The predicted octanol–water partition coefficient (Wildman–Crippen LogP) is 3.07. The number of nitrogens with one attached hydrogen (secondary N) is 1. The number of ether oxygens (including phenoxy) is 1. The van der Waals surface area contributed by atoms with Crippen molar-refractivity contribution in [2.45, 2.75) is 59.1 Å². The Morgan fingerprint density at radius 2 is 1.94 bits per heavy atom. The molecule has 1 fully saturated rings. The highest BCUT2D eigenvalue weighted by molar-refractivity contribution is 4.87. The van der Waals surface area contributed by atoms with Crippen LogP contribution in [0, 0.1) is 17.8 Å². The Labute approximate surface area is 101 Å². The second kappa shape index (κ2) is 6.61. The van der Waals surface area contributed by atoms with Crippen LogP contribution in [0.3, 0.4) is 0 Å². The van der Waals surface area contributed by atoms with Crippen LogP contribution in [0.4, 0.5) is 0 Å². The molecule has 0 spiro atoms. The van der Waals surface area contributed by atoms with E-state index >= 15 is 0 Å². The van der Waals surface area contributed by atoms with E-state index in [9.17, 15) is 0 Å². The predicted molar refractivity (Wildman–Crippen MR) is 69.6 cm³/mol. The third-order valence-corrected chi connectivity index (χ3v) is 3.76. The van der Waals surface area contributed by atoms with Gasteiger partial charge in [-0.25, -0.2) is 0 Å². The molecule has 2 nitrogen and oxygen atoms in total. The van der Waals surface area contributed by atoms with Crippen LogP contribution in [0.15, 0.2) is 0 Å². The van der Waals surface area contributed by atoms with Crippen LogP contribution in [0.5, 0.6) is 0 Å². The van der Waals surface area contributed by atoms with E-state index in [0.717, 1.165) is 18.4 Å². The lowest BCUT2D eigenvalue weighted by molar-refractivity contribution is -0.0392. The molecule has 1 rings (SSSR count). The highest BCUT2D eigenvalue weighted by Crippen LogP contribution is 2.31. The highest BCUT2D eigenvalue weighted by Gasteiger charge is 2.33. The zero-order valence-corrected chi connectivity index (χ0v) is 11.6. The van der Waals surface area contributed by atoms with E-state index in [-0.39, 0.29) is 0 Å². The molecule has 16 heavy (non-hydrogen) atoms. The van der Waals surface area contributed by atoms with Crippen LogP contribution in [0.2, 0.25) is 0 Å². The SMILES string of the molecule is CNC1CC(C)CC(C)C1OCCC(C)C. The van der Waals surface area contributed by atoms with Crippen LogP contribution in [0.25, 0.3) is 0 Å². The van der Waals surface area contributed by atoms with E-state index in [2.05, 4.69) is 40.1 Å². The van der Waals surface area contributed by atoms with Gasteiger partial charge in [-0.1, -0.05) is 27.7 Å². The Hall–Kier alpha value is -0.0800. The van der Waals surface area contributed by atoms with Crippen LogP contribution < -0.4 is 5.32 Å². The number of rotatable bonds is 5. The molecule has 0 bridgehead atoms. The third kappa shape index (κ3) is 4.06. The van der Waals surface area contributed by atoms with Crippen LogP contribution >= 0.6 is 0 Å². The quantitative estimate of drug-likeness (QED) is 0.779. The van der Waals surface area contributed by atoms with Gasteiger partial charge in [-0.3, -0.25) is 0 Å². The average molecular weight is 227 g/mol. The van der Waals surface area contributed by atoms with Crippen molar-refractivity contribution in [3.8, 4) is 0 Å². The lowest BCUT2D eigenvalue weighted by Gasteiger charge is -2.39. The van der Waals surface area contributed by atoms with Gasteiger partial charge in [0.15, 0.2) is 0 Å². The second-order valence-electron chi connectivity index (χ2n) is 5.97. The molecule has 0 amide bonds. The second-order valence-corrected chi connectivity index (χ2v) is 5.97. The van der Waals surface area contributed by atoms with Crippen molar-refractivity contribution in [1.29, 1.82) is 0 Å². The minimum absolute atomic E-state index is 0.417. The van der Waals surface area contributed by atoms with Gasteiger partial charge in [0.25, 0.3) is 0 Å². The molecule has 1 saturated carbocycles. The van der Waals surface area contributed by atoms with Crippen molar-refractivity contribution in [3.63, 3.8) is 0 Å². The highest BCUT2D eigenvalue weighted by atomic mass is 16.5. The molecule has 0 aromatic heterocycles. The lowest BCUT2D eigenvalue weighted by Crippen LogP contribution is -2.48. The molecule has 0 aliphatic heterocycles. The van der Waals surface area contributed by atoms with E-state index in [1.54, 1.807) is 0 Å². The number of hydrogen-bond acceptors (Lipinski definition) is 2. The van der Waals surface area contributed by atoms with E-state index < -0.39 is 0 Å². The van der Waals surface area contributed by atoms with Gasteiger partial charge in [-0.15, -0.1) is 0 Å². The molecule has 4 atom stereocenters. The van der Waals surface area contributed by atoms with E-state index in [0.29, 0.717) is 18.1 Å². The first-order valence-electron chi connectivity index (χ1n) is 6.83. The monoisotopic (exact) mass is 227 g/mol. The summed E-state index contributed by atoms with van der Waals surface area (Å²) in [5, 5.41) is 3.43. The summed E-state index contributed by atoms with van der Waals surface area (Å²) in [5.74, 6) is 2.26. The Bertz CT molecular complexity index is 193. The van der Waals surface area contributed by atoms with Crippen molar-refractivity contribution in [3.05, 3.63) is 0 Å². The maximum atomic E-state index is 6.10. The Balaban J connectivity index is 2.41. The Morgan fingerprint density at radius 1 is 1.25 bits per heavy atom. The molecule has 0 radical (unpaired) electrons. The van der Waals surface area contributed by atoms with Crippen LogP contribution in [0.1, 0.15) is 47.0 Å². The fourth-order valence-corrected chi connectivity index (χ4v) is 2.83. The van der Waals surface area contributed by atoms with Gasteiger partial charge in [0.05, 0.1) is 6.10 Å². The summed E-state index contributed by atoms with van der Waals surface area (Å²) >= 11 is 0. The molecule has 2 heteroatoms. The molecule has 0 heterocycles. The lowest BCUT2D eigenvalue weighted by atomic mass is 9.78. The summed E-state index contributed by atoms with van der Waals surface area (Å²) in [4.78, 5) is 0. The van der Waals surface area contributed by atoms with Crippen LogP contribution in [-0.2, 0) is 4.74 Å². The van der Waals surface area contributed by atoms with E-state index in [1.807, 2.05) is 0 Å². The van der Waals surface area contributed by atoms with Gasteiger partial charge < -0.3 is 10.1 Å². The third-order valence-electron chi connectivity index (χ3n) is 3.76. The van der Waals surface area contributed by atoms with Crippen molar-refractivity contribution >= 4 is 0 Å².